The molecule has 1 heterocycles. The van der Waals surface area contributed by atoms with Crippen LogP contribution in [-0.4, -0.2) is 22.1 Å². The van der Waals surface area contributed by atoms with Gasteiger partial charge in [0.25, 0.3) is 0 Å². The molecular formula is C11H22N2O4S. The lowest BCUT2D eigenvalue weighted by Crippen LogP contribution is -2.30. The molecule has 1 N–H and O–H groups in total. The number of hydrogen-bond donors (Lipinski definition) is 1. The third kappa shape index (κ3) is 11.6. The van der Waals surface area contributed by atoms with Crippen LogP contribution in [0, 0.1) is 0 Å². The highest BCUT2D eigenvalue weighted by atomic mass is 32.3. The van der Waals surface area contributed by atoms with E-state index in [0.29, 0.717) is 0 Å². The van der Waals surface area contributed by atoms with E-state index in [1.807, 2.05) is 0 Å². The molecule has 0 amide bonds. The van der Waals surface area contributed by atoms with Gasteiger partial charge in [0.1, 0.15) is 12.4 Å². The van der Waals surface area contributed by atoms with Crippen LogP contribution in [0.3, 0.4) is 0 Å². The summed E-state index contributed by atoms with van der Waals surface area (Å²) in [6, 6.07) is 0. The second-order valence-corrected chi connectivity index (χ2v) is 4.88. The molecule has 1 rings (SSSR count). The molecule has 0 spiro atoms. The highest BCUT2D eigenvalue weighted by Crippen LogP contribution is 1.93. The van der Waals surface area contributed by atoms with E-state index in [0.717, 1.165) is 13.1 Å². The van der Waals surface area contributed by atoms with E-state index >= 15 is 0 Å². The summed E-state index contributed by atoms with van der Waals surface area (Å²) in [6.07, 6.45) is 11.7. The number of unbranched alkanes of at least 4 members (excludes halogenated alkanes) is 2. The van der Waals surface area contributed by atoms with Crippen molar-refractivity contribution in [3.63, 3.8) is 0 Å². The molecule has 0 aromatic carbocycles. The summed E-state index contributed by atoms with van der Waals surface area (Å²) < 4.78 is 37.4. The predicted molar refractivity (Wildman–Crippen MR) is 66.8 cm³/mol. The minimum absolute atomic E-state index is 1.16. The molecule has 0 bridgehead atoms. The van der Waals surface area contributed by atoms with Gasteiger partial charge in [0.15, 0.2) is 0 Å². The van der Waals surface area contributed by atoms with Gasteiger partial charge in [-0.25, -0.2) is 17.6 Å². The van der Waals surface area contributed by atoms with Crippen molar-refractivity contribution in [3.8, 4) is 0 Å². The molecule has 0 fully saturated rings. The molecule has 0 radical (unpaired) electrons. The van der Waals surface area contributed by atoms with Gasteiger partial charge in [0.2, 0.25) is 16.7 Å². The lowest BCUT2D eigenvalue weighted by Gasteiger charge is -1.93. The third-order valence-corrected chi connectivity index (χ3v) is 2.29. The molecule has 0 aliphatic rings. The number of aromatic nitrogens is 2. The van der Waals surface area contributed by atoms with Crippen molar-refractivity contribution in [2.24, 2.45) is 0 Å². The molecule has 0 saturated carbocycles. The maximum atomic E-state index is 8.63. The van der Waals surface area contributed by atoms with E-state index in [-0.39, 0.29) is 0 Å². The fourth-order valence-electron chi connectivity index (χ4n) is 1.38. The summed E-state index contributed by atoms with van der Waals surface area (Å²) in [5.74, 6) is 0. The van der Waals surface area contributed by atoms with Gasteiger partial charge < -0.3 is 4.55 Å². The zero-order valence-corrected chi connectivity index (χ0v) is 11.8. The lowest BCUT2D eigenvalue weighted by molar-refractivity contribution is -0.696. The quantitative estimate of drug-likeness (QED) is 0.484. The van der Waals surface area contributed by atoms with E-state index in [9.17, 15) is 0 Å². The van der Waals surface area contributed by atoms with Crippen LogP contribution in [0.1, 0.15) is 39.5 Å². The van der Waals surface area contributed by atoms with Crippen LogP contribution in [0.25, 0.3) is 0 Å². The van der Waals surface area contributed by atoms with Crippen molar-refractivity contribution in [2.75, 3.05) is 0 Å². The number of imidazole rings is 1. The fraction of sp³-hybridized carbons (Fsp3) is 0.727. The average molecular weight is 278 g/mol. The van der Waals surface area contributed by atoms with E-state index in [4.69, 9.17) is 17.5 Å². The monoisotopic (exact) mass is 278 g/mol. The molecule has 1 aromatic heterocycles. The van der Waals surface area contributed by atoms with Crippen molar-refractivity contribution in [3.05, 3.63) is 18.7 Å². The number of nitrogens with zero attached hydrogens (tertiary/aromatic N) is 2. The summed E-state index contributed by atoms with van der Waals surface area (Å²) in [5, 5.41) is 0. The van der Waals surface area contributed by atoms with Gasteiger partial charge in [-0.2, -0.15) is 0 Å². The average Bonchev–Trinajstić information content (AvgIpc) is 2.69. The SMILES string of the molecule is CCCCn1cc[n+](CCCC)c1.O=S(=O)([O-])O. The number of rotatable bonds is 6. The Morgan fingerprint density at radius 2 is 1.83 bits per heavy atom. The van der Waals surface area contributed by atoms with Crippen LogP contribution in [0.15, 0.2) is 18.7 Å². The molecule has 6 nitrogen and oxygen atoms in total. The van der Waals surface area contributed by atoms with Crippen LogP contribution < -0.4 is 4.57 Å². The van der Waals surface area contributed by atoms with Gasteiger partial charge in [0.05, 0.1) is 13.1 Å². The Morgan fingerprint density at radius 3 is 2.33 bits per heavy atom. The third-order valence-electron chi connectivity index (χ3n) is 2.29. The highest BCUT2D eigenvalue weighted by Gasteiger charge is 2.01. The zero-order valence-electron chi connectivity index (χ0n) is 10.9. The van der Waals surface area contributed by atoms with Crippen LogP contribution in [0.2, 0.25) is 0 Å². The normalized spacial score (nSPS) is 10.9. The first-order valence-corrected chi connectivity index (χ1v) is 7.46. The first-order valence-electron chi connectivity index (χ1n) is 6.10. The molecule has 0 aliphatic carbocycles. The van der Waals surface area contributed by atoms with E-state index in [2.05, 4.69) is 41.7 Å². The Morgan fingerprint density at radius 1 is 1.28 bits per heavy atom. The van der Waals surface area contributed by atoms with Gasteiger partial charge in [-0.05, 0) is 12.8 Å². The number of aryl methyl sites for hydroxylation is 2. The van der Waals surface area contributed by atoms with Crippen LogP contribution in [0.5, 0.6) is 0 Å². The standard InChI is InChI=1S/C11H21N2.H2O4S/c1-3-5-7-12-9-10-13(11-12)8-6-4-2;1-5(2,3)4/h9-11H,3-8H2,1-2H3;(H2,1,2,3,4)/q+1;/p-1. The van der Waals surface area contributed by atoms with Crippen LogP contribution in [0.4, 0.5) is 0 Å². The molecule has 0 atom stereocenters. The summed E-state index contributed by atoms with van der Waals surface area (Å²) in [7, 11) is -4.92. The molecule has 7 heteroatoms. The molecule has 0 aliphatic heterocycles. The topological polar surface area (TPSA) is 86.2 Å². The van der Waals surface area contributed by atoms with Gasteiger partial charge in [-0.15, -0.1) is 0 Å². The maximum absolute atomic E-state index is 8.63. The molecule has 18 heavy (non-hydrogen) atoms. The molecule has 106 valence electrons. The lowest BCUT2D eigenvalue weighted by atomic mass is 10.3. The molecule has 1 aromatic rings. The Balaban J connectivity index is 0.000000494. The fourth-order valence-corrected chi connectivity index (χ4v) is 1.38. The summed E-state index contributed by atoms with van der Waals surface area (Å²) in [4.78, 5) is 0. The van der Waals surface area contributed by atoms with Crippen molar-refractivity contribution in [1.82, 2.24) is 4.57 Å². The Hall–Kier alpha value is -0.920. The van der Waals surface area contributed by atoms with Gasteiger partial charge in [0, 0.05) is 0 Å². The summed E-state index contributed by atoms with van der Waals surface area (Å²) in [6.45, 7) is 6.79. The first kappa shape index (κ1) is 17.1. The van der Waals surface area contributed by atoms with E-state index in [1.165, 1.54) is 25.7 Å². The largest absolute Gasteiger partial charge is 0.726 e. The van der Waals surface area contributed by atoms with E-state index in [1.54, 1.807) is 0 Å². The van der Waals surface area contributed by atoms with Crippen LogP contribution in [-0.2, 0) is 23.5 Å². The highest BCUT2D eigenvalue weighted by molar-refractivity contribution is 7.79. The van der Waals surface area contributed by atoms with Crippen molar-refractivity contribution in [2.45, 2.75) is 52.6 Å². The van der Waals surface area contributed by atoms with Gasteiger partial charge in [-0.3, -0.25) is 4.55 Å². The smallest absolute Gasteiger partial charge is 0.243 e. The van der Waals surface area contributed by atoms with Gasteiger partial charge in [-0.1, -0.05) is 26.7 Å². The predicted octanol–water partition coefficient (Wildman–Crippen LogP) is 1.38. The van der Waals surface area contributed by atoms with Crippen molar-refractivity contribution >= 4 is 10.4 Å². The molecule has 0 saturated heterocycles. The maximum Gasteiger partial charge on any atom is 0.243 e. The van der Waals surface area contributed by atoms with Crippen molar-refractivity contribution in [1.29, 1.82) is 0 Å². The minimum atomic E-state index is -4.92. The minimum Gasteiger partial charge on any atom is -0.726 e. The molecule has 0 unspecified atom stereocenters. The van der Waals surface area contributed by atoms with E-state index < -0.39 is 10.4 Å². The Bertz CT molecular complexity index is 384. The first-order chi connectivity index (χ1) is 8.36. The second-order valence-electron chi connectivity index (χ2n) is 4.02. The summed E-state index contributed by atoms with van der Waals surface area (Å²) >= 11 is 0. The summed E-state index contributed by atoms with van der Waals surface area (Å²) in [5.41, 5.74) is 0. The second kappa shape index (κ2) is 9.07. The Kier molecular flexibility index (Phi) is 8.61. The molecular weight excluding hydrogens is 256 g/mol. The Labute approximate surface area is 109 Å². The number of hydrogen-bond acceptors (Lipinski definition) is 3. The van der Waals surface area contributed by atoms with Gasteiger partial charge >= 0.3 is 0 Å². The zero-order chi connectivity index (χ0) is 14.0. The van der Waals surface area contributed by atoms with Crippen molar-refractivity contribution < 1.29 is 22.1 Å². The van der Waals surface area contributed by atoms with Crippen LogP contribution >= 0.6 is 0 Å².